The van der Waals surface area contributed by atoms with Crippen LogP contribution in [-0.2, 0) is 5.41 Å². The Morgan fingerprint density at radius 1 is 1.35 bits per heavy atom. The van der Waals surface area contributed by atoms with Gasteiger partial charge in [0.2, 0.25) is 0 Å². The van der Waals surface area contributed by atoms with Gasteiger partial charge in [-0.05, 0) is 49.4 Å². The summed E-state index contributed by atoms with van der Waals surface area (Å²) in [4.78, 5) is 0. The van der Waals surface area contributed by atoms with Crippen LogP contribution >= 0.6 is 0 Å². The Morgan fingerprint density at radius 3 is 3.06 bits per heavy atom. The van der Waals surface area contributed by atoms with Crippen molar-refractivity contribution in [3.63, 3.8) is 0 Å². The molecule has 1 aromatic carbocycles. The van der Waals surface area contributed by atoms with Crippen molar-refractivity contribution in [3.8, 4) is 5.75 Å². The molecule has 2 N–H and O–H groups in total. The summed E-state index contributed by atoms with van der Waals surface area (Å²) in [5.74, 6) is 1.08. The summed E-state index contributed by atoms with van der Waals surface area (Å²) in [5, 5.41) is 13.4. The smallest absolute Gasteiger partial charge is 0.115 e. The van der Waals surface area contributed by atoms with E-state index in [9.17, 15) is 5.11 Å². The van der Waals surface area contributed by atoms with E-state index in [-0.39, 0.29) is 0 Å². The Hall–Kier alpha value is -1.02. The lowest BCUT2D eigenvalue weighted by atomic mass is 9.58. The second-order valence-corrected chi connectivity index (χ2v) is 5.70. The predicted molar refractivity (Wildman–Crippen MR) is 69.2 cm³/mol. The lowest BCUT2D eigenvalue weighted by Crippen LogP contribution is -2.55. The topological polar surface area (TPSA) is 32.3 Å². The van der Waals surface area contributed by atoms with Crippen LogP contribution in [-0.4, -0.2) is 17.7 Å². The highest BCUT2D eigenvalue weighted by molar-refractivity contribution is 5.35. The van der Waals surface area contributed by atoms with Crippen molar-refractivity contribution >= 4 is 0 Å². The summed E-state index contributed by atoms with van der Waals surface area (Å²) in [7, 11) is 0. The van der Waals surface area contributed by atoms with Gasteiger partial charge in [-0.15, -0.1) is 0 Å². The maximum Gasteiger partial charge on any atom is 0.115 e. The van der Waals surface area contributed by atoms with Crippen molar-refractivity contribution in [2.45, 2.75) is 44.1 Å². The number of piperidine rings is 1. The molecule has 1 saturated carbocycles. The van der Waals surface area contributed by atoms with Crippen LogP contribution in [0.25, 0.3) is 0 Å². The Morgan fingerprint density at radius 2 is 2.24 bits per heavy atom. The highest BCUT2D eigenvalue weighted by atomic mass is 16.3. The number of nitrogens with one attached hydrogen (secondary N) is 1. The van der Waals surface area contributed by atoms with Crippen molar-refractivity contribution in [2.24, 2.45) is 5.92 Å². The fourth-order valence-electron chi connectivity index (χ4n) is 3.98. The highest BCUT2D eigenvalue weighted by Crippen LogP contribution is 2.48. The van der Waals surface area contributed by atoms with Crippen molar-refractivity contribution in [2.75, 3.05) is 6.54 Å². The third kappa shape index (κ3) is 1.66. The van der Waals surface area contributed by atoms with Crippen LogP contribution in [0, 0.1) is 5.92 Å². The van der Waals surface area contributed by atoms with Gasteiger partial charge >= 0.3 is 0 Å². The molecule has 3 rings (SSSR count). The van der Waals surface area contributed by atoms with Crippen LogP contribution in [0.1, 0.15) is 38.2 Å². The SMILES string of the molecule is C[C@H]1[C@H]2CCC[C@]1(c1cccc(O)c1)CCN2. The Bertz CT molecular complexity index is 405. The number of phenols is 1. The van der Waals surface area contributed by atoms with Gasteiger partial charge in [-0.2, -0.15) is 0 Å². The van der Waals surface area contributed by atoms with Gasteiger partial charge in [0, 0.05) is 11.5 Å². The van der Waals surface area contributed by atoms with Gasteiger partial charge in [0.05, 0.1) is 0 Å². The van der Waals surface area contributed by atoms with Crippen LogP contribution in [0.3, 0.4) is 0 Å². The molecular weight excluding hydrogens is 210 g/mol. The Labute approximate surface area is 103 Å². The standard InChI is InChI=1S/C15H21NO/c1-11-14-6-3-7-15(11,8-9-16-14)12-4-2-5-13(17)10-12/h2,4-5,10-11,14,16-17H,3,6-9H2,1H3/t11-,14+,15-/m0/s1. The van der Waals surface area contributed by atoms with E-state index in [4.69, 9.17) is 0 Å². The molecule has 2 heteroatoms. The minimum Gasteiger partial charge on any atom is -0.508 e. The van der Waals surface area contributed by atoms with E-state index in [2.05, 4.69) is 18.3 Å². The summed E-state index contributed by atoms with van der Waals surface area (Å²) in [6.07, 6.45) is 5.09. The monoisotopic (exact) mass is 231 g/mol. The largest absolute Gasteiger partial charge is 0.508 e. The second kappa shape index (κ2) is 4.02. The van der Waals surface area contributed by atoms with Crippen molar-refractivity contribution in [3.05, 3.63) is 29.8 Å². The van der Waals surface area contributed by atoms with E-state index < -0.39 is 0 Å². The minimum atomic E-state index is 0.299. The van der Waals surface area contributed by atoms with Crippen LogP contribution in [0.4, 0.5) is 0 Å². The summed E-state index contributed by atoms with van der Waals surface area (Å²) < 4.78 is 0. The molecule has 1 aliphatic heterocycles. The number of hydrogen-bond acceptors (Lipinski definition) is 2. The van der Waals surface area contributed by atoms with E-state index in [1.54, 1.807) is 6.07 Å². The maximum atomic E-state index is 9.71. The van der Waals surface area contributed by atoms with E-state index in [0.29, 0.717) is 23.1 Å². The molecule has 17 heavy (non-hydrogen) atoms. The molecule has 0 radical (unpaired) electrons. The summed E-state index contributed by atoms with van der Waals surface area (Å²) in [5.41, 5.74) is 1.64. The first-order valence-electron chi connectivity index (χ1n) is 6.75. The van der Waals surface area contributed by atoms with Crippen molar-refractivity contribution < 1.29 is 5.11 Å². The summed E-state index contributed by atoms with van der Waals surface area (Å²) >= 11 is 0. The Balaban J connectivity index is 2.03. The molecule has 0 spiro atoms. The molecule has 1 heterocycles. The zero-order chi connectivity index (χ0) is 11.9. The van der Waals surface area contributed by atoms with E-state index in [0.717, 1.165) is 6.54 Å². The average Bonchev–Trinajstić information content (AvgIpc) is 2.29. The highest BCUT2D eigenvalue weighted by Gasteiger charge is 2.46. The molecule has 1 aromatic rings. The van der Waals surface area contributed by atoms with Gasteiger partial charge in [0.15, 0.2) is 0 Å². The Kier molecular flexibility index (Phi) is 2.62. The predicted octanol–water partition coefficient (Wildman–Crippen LogP) is 2.81. The lowest BCUT2D eigenvalue weighted by Gasteiger charge is -2.51. The minimum absolute atomic E-state index is 0.299. The fourth-order valence-corrected chi connectivity index (χ4v) is 3.98. The van der Waals surface area contributed by atoms with Gasteiger partial charge in [-0.3, -0.25) is 0 Å². The number of fused-ring (bicyclic) bond motifs is 2. The molecule has 3 atom stereocenters. The normalized spacial score (nSPS) is 36.8. The molecule has 2 bridgehead atoms. The van der Waals surface area contributed by atoms with Crippen LogP contribution in [0.5, 0.6) is 5.75 Å². The fraction of sp³-hybridized carbons (Fsp3) is 0.600. The van der Waals surface area contributed by atoms with Gasteiger partial charge in [0.25, 0.3) is 0 Å². The third-order valence-electron chi connectivity index (χ3n) is 5.01. The first-order chi connectivity index (χ1) is 8.22. The quantitative estimate of drug-likeness (QED) is 0.779. The number of aromatic hydroxyl groups is 1. The average molecular weight is 231 g/mol. The van der Waals surface area contributed by atoms with Gasteiger partial charge in [-0.25, -0.2) is 0 Å². The molecule has 1 aliphatic carbocycles. The second-order valence-electron chi connectivity index (χ2n) is 5.70. The van der Waals surface area contributed by atoms with Crippen molar-refractivity contribution in [1.82, 2.24) is 5.32 Å². The summed E-state index contributed by atoms with van der Waals surface area (Å²) in [6, 6.07) is 8.60. The first-order valence-corrected chi connectivity index (χ1v) is 6.75. The molecule has 2 aliphatic rings. The van der Waals surface area contributed by atoms with Gasteiger partial charge < -0.3 is 10.4 Å². The first kappa shape index (κ1) is 11.1. The number of hydrogen-bond donors (Lipinski definition) is 2. The van der Waals surface area contributed by atoms with Crippen molar-refractivity contribution in [1.29, 1.82) is 0 Å². The zero-order valence-electron chi connectivity index (χ0n) is 10.4. The summed E-state index contributed by atoms with van der Waals surface area (Å²) in [6.45, 7) is 3.49. The lowest BCUT2D eigenvalue weighted by molar-refractivity contribution is 0.101. The number of benzene rings is 1. The molecule has 0 amide bonds. The molecule has 0 unspecified atom stereocenters. The molecule has 2 fully saturated rings. The van der Waals surface area contributed by atoms with Gasteiger partial charge in [0.1, 0.15) is 5.75 Å². The molecule has 92 valence electrons. The zero-order valence-corrected chi connectivity index (χ0v) is 10.4. The van der Waals surface area contributed by atoms with Crippen LogP contribution in [0.2, 0.25) is 0 Å². The van der Waals surface area contributed by atoms with E-state index >= 15 is 0 Å². The molecule has 2 nitrogen and oxygen atoms in total. The maximum absolute atomic E-state index is 9.71. The number of rotatable bonds is 1. The van der Waals surface area contributed by atoms with E-state index in [1.807, 2.05) is 12.1 Å². The molecule has 1 saturated heterocycles. The molecular formula is C15H21NO. The van der Waals surface area contributed by atoms with Gasteiger partial charge in [-0.1, -0.05) is 25.5 Å². The molecule has 0 aromatic heterocycles. The van der Waals surface area contributed by atoms with Crippen LogP contribution in [0.15, 0.2) is 24.3 Å². The van der Waals surface area contributed by atoms with E-state index in [1.165, 1.54) is 31.2 Å². The number of phenolic OH excluding ortho intramolecular Hbond substituents is 1. The third-order valence-corrected chi connectivity index (χ3v) is 5.01. The van der Waals surface area contributed by atoms with Crippen LogP contribution < -0.4 is 5.32 Å².